The lowest BCUT2D eigenvalue weighted by Crippen LogP contribution is -2.23. The van der Waals surface area contributed by atoms with Gasteiger partial charge in [-0.05, 0) is 40.2 Å². The molecule has 6 nitrogen and oxygen atoms in total. The molecule has 0 aliphatic rings. The van der Waals surface area contributed by atoms with Crippen molar-refractivity contribution in [1.29, 1.82) is 0 Å². The Kier molecular flexibility index (Phi) is 4.07. The predicted molar refractivity (Wildman–Crippen MR) is 85.3 cm³/mol. The van der Waals surface area contributed by atoms with Gasteiger partial charge < -0.3 is 0 Å². The number of carbonyl (C=O) groups excluding carboxylic acids is 1. The maximum atomic E-state index is 11.8. The molecule has 8 heteroatoms. The fourth-order valence-electron chi connectivity index (χ4n) is 1.77. The van der Waals surface area contributed by atoms with Gasteiger partial charge in [-0.1, -0.05) is 17.3 Å². The van der Waals surface area contributed by atoms with Gasteiger partial charge >= 0.3 is 0 Å². The maximum absolute atomic E-state index is 11.8. The van der Waals surface area contributed by atoms with Crippen LogP contribution in [0.4, 0.5) is 0 Å². The highest BCUT2D eigenvalue weighted by atomic mass is 79.9. The van der Waals surface area contributed by atoms with E-state index in [4.69, 9.17) is 0 Å². The molecule has 1 N–H and O–H groups in total. The Labute approximate surface area is 132 Å². The molecule has 106 valence electrons. The van der Waals surface area contributed by atoms with Gasteiger partial charge in [0.25, 0.3) is 5.91 Å². The number of carbonyl (C=O) groups is 1. The summed E-state index contributed by atoms with van der Waals surface area (Å²) in [5, 5.41) is 11.9. The Bertz CT molecular complexity index is 810. The lowest BCUT2D eigenvalue weighted by Gasteiger charge is -2.00. The zero-order valence-electron chi connectivity index (χ0n) is 10.7. The summed E-state index contributed by atoms with van der Waals surface area (Å²) in [6.07, 6.45) is 1.60. The minimum absolute atomic E-state index is 0.0754. The first-order valence-corrected chi connectivity index (χ1v) is 7.69. The van der Waals surface area contributed by atoms with E-state index < -0.39 is 0 Å². The van der Waals surface area contributed by atoms with Gasteiger partial charge in [0.1, 0.15) is 12.1 Å². The Morgan fingerprint density at radius 2 is 2.24 bits per heavy atom. The van der Waals surface area contributed by atoms with Crippen molar-refractivity contribution in [2.75, 3.05) is 0 Å². The van der Waals surface area contributed by atoms with Gasteiger partial charge in [0, 0.05) is 4.88 Å². The van der Waals surface area contributed by atoms with Crippen LogP contribution in [-0.4, -0.2) is 27.1 Å². The van der Waals surface area contributed by atoms with E-state index in [0.717, 1.165) is 19.7 Å². The molecule has 3 rings (SSSR count). The third-order valence-corrected chi connectivity index (χ3v) is 4.25. The van der Waals surface area contributed by atoms with Crippen molar-refractivity contribution in [3.63, 3.8) is 0 Å². The summed E-state index contributed by atoms with van der Waals surface area (Å²) in [4.78, 5) is 12.8. The standard InChI is InChI=1S/C13H10BrN5OS/c14-12-6-5-9(21-12)7-15-17-13(20)8-19-11-4-2-1-3-10(11)16-18-19/h1-7H,8H2,(H,17,20)/b15-7-. The molecule has 0 radical (unpaired) electrons. The molecule has 3 aromatic rings. The first-order valence-electron chi connectivity index (χ1n) is 6.08. The number of fused-ring (bicyclic) bond motifs is 1. The molecule has 1 amide bonds. The van der Waals surface area contributed by atoms with Crippen molar-refractivity contribution < 1.29 is 4.79 Å². The van der Waals surface area contributed by atoms with E-state index in [-0.39, 0.29) is 12.5 Å². The average molecular weight is 364 g/mol. The van der Waals surface area contributed by atoms with E-state index in [9.17, 15) is 4.79 Å². The molecule has 0 saturated carbocycles. The molecule has 0 aliphatic heterocycles. The Balaban J connectivity index is 1.63. The fraction of sp³-hybridized carbons (Fsp3) is 0.0769. The van der Waals surface area contributed by atoms with Crippen molar-refractivity contribution in [2.24, 2.45) is 5.10 Å². The highest BCUT2D eigenvalue weighted by Gasteiger charge is 2.07. The minimum atomic E-state index is -0.252. The summed E-state index contributed by atoms with van der Waals surface area (Å²) in [6, 6.07) is 11.3. The number of hydrogen-bond donors (Lipinski definition) is 1. The molecule has 0 atom stereocenters. The zero-order valence-corrected chi connectivity index (χ0v) is 13.1. The van der Waals surface area contributed by atoms with Gasteiger partial charge in [0.15, 0.2) is 0 Å². The molecular weight excluding hydrogens is 354 g/mol. The molecule has 0 spiro atoms. The number of hydrogen-bond acceptors (Lipinski definition) is 5. The second kappa shape index (κ2) is 6.15. The van der Waals surface area contributed by atoms with Gasteiger partial charge in [0.2, 0.25) is 0 Å². The molecule has 2 heterocycles. The predicted octanol–water partition coefficient (Wildman–Crippen LogP) is 2.41. The highest BCUT2D eigenvalue weighted by Crippen LogP contribution is 2.20. The Morgan fingerprint density at radius 1 is 1.38 bits per heavy atom. The number of nitrogens with zero attached hydrogens (tertiary/aromatic N) is 4. The third-order valence-electron chi connectivity index (χ3n) is 2.69. The monoisotopic (exact) mass is 363 g/mol. The minimum Gasteiger partial charge on any atom is -0.271 e. The van der Waals surface area contributed by atoms with E-state index in [1.165, 1.54) is 11.3 Å². The van der Waals surface area contributed by atoms with Crippen molar-refractivity contribution >= 4 is 50.4 Å². The molecule has 0 unspecified atom stereocenters. The molecule has 0 saturated heterocycles. The van der Waals surface area contributed by atoms with Crippen LogP contribution in [0.25, 0.3) is 11.0 Å². The van der Waals surface area contributed by atoms with Crippen LogP contribution in [0, 0.1) is 0 Å². The van der Waals surface area contributed by atoms with Crippen LogP contribution in [0.3, 0.4) is 0 Å². The number of nitrogens with one attached hydrogen (secondary N) is 1. The van der Waals surface area contributed by atoms with Crippen molar-refractivity contribution in [3.8, 4) is 0 Å². The smallest absolute Gasteiger partial charge is 0.261 e. The van der Waals surface area contributed by atoms with Crippen LogP contribution in [0.2, 0.25) is 0 Å². The summed E-state index contributed by atoms with van der Waals surface area (Å²) in [5.41, 5.74) is 4.06. The normalized spacial score (nSPS) is 11.3. The van der Waals surface area contributed by atoms with Gasteiger partial charge in [-0.15, -0.1) is 16.4 Å². The number of hydrazone groups is 1. The summed E-state index contributed by atoms with van der Waals surface area (Å²) in [7, 11) is 0. The van der Waals surface area contributed by atoms with Crippen LogP contribution in [0.1, 0.15) is 4.88 Å². The van der Waals surface area contributed by atoms with Crippen LogP contribution in [-0.2, 0) is 11.3 Å². The Morgan fingerprint density at radius 3 is 3.05 bits per heavy atom. The van der Waals surface area contributed by atoms with Crippen LogP contribution < -0.4 is 5.43 Å². The Hall–Kier alpha value is -2.06. The first-order chi connectivity index (χ1) is 10.2. The van der Waals surface area contributed by atoms with Gasteiger partial charge in [0.05, 0.1) is 15.5 Å². The maximum Gasteiger partial charge on any atom is 0.261 e. The van der Waals surface area contributed by atoms with Crippen LogP contribution in [0.5, 0.6) is 0 Å². The zero-order chi connectivity index (χ0) is 14.7. The van der Waals surface area contributed by atoms with Crippen molar-refractivity contribution in [2.45, 2.75) is 6.54 Å². The molecular formula is C13H10BrN5OS. The van der Waals surface area contributed by atoms with Gasteiger partial charge in [-0.2, -0.15) is 5.10 Å². The number of thiophene rings is 1. The summed E-state index contributed by atoms with van der Waals surface area (Å²) < 4.78 is 2.56. The van der Waals surface area contributed by atoms with E-state index >= 15 is 0 Å². The quantitative estimate of drug-likeness (QED) is 0.571. The summed E-state index contributed by atoms with van der Waals surface area (Å²) in [6.45, 7) is 0.0754. The highest BCUT2D eigenvalue weighted by molar-refractivity contribution is 9.11. The number of amides is 1. The summed E-state index contributed by atoms with van der Waals surface area (Å²) in [5.74, 6) is -0.252. The molecule has 21 heavy (non-hydrogen) atoms. The average Bonchev–Trinajstić information content (AvgIpc) is 3.06. The van der Waals surface area contributed by atoms with E-state index in [1.54, 1.807) is 10.9 Å². The number of halogens is 1. The van der Waals surface area contributed by atoms with Crippen LogP contribution in [0.15, 0.2) is 45.3 Å². The molecule has 1 aromatic carbocycles. The number of aromatic nitrogens is 3. The summed E-state index contributed by atoms with van der Waals surface area (Å²) >= 11 is 4.90. The number of para-hydroxylation sites is 1. The fourth-order valence-corrected chi connectivity index (χ4v) is 3.07. The third kappa shape index (κ3) is 3.34. The SMILES string of the molecule is O=C(Cn1nnc2ccccc21)N/N=C\c1ccc(Br)s1. The second-order valence-electron chi connectivity index (χ2n) is 4.17. The van der Waals surface area contributed by atoms with Crippen molar-refractivity contribution in [1.82, 2.24) is 20.4 Å². The van der Waals surface area contributed by atoms with E-state index in [2.05, 4.69) is 36.8 Å². The second-order valence-corrected chi connectivity index (χ2v) is 6.67. The molecule has 0 fully saturated rings. The lowest BCUT2D eigenvalue weighted by molar-refractivity contribution is -0.121. The largest absolute Gasteiger partial charge is 0.271 e. The van der Waals surface area contributed by atoms with Gasteiger partial charge in [-0.3, -0.25) is 4.79 Å². The topological polar surface area (TPSA) is 72.2 Å². The number of benzene rings is 1. The molecule has 0 aliphatic carbocycles. The molecule has 2 aromatic heterocycles. The lowest BCUT2D eigenvalue weighted by atomic mass is 10.3. The van der Waals surface area contributed by atoms with Crippen molar-refractivity contribution in [3.05, 3.63) is 45.1 Å². The van der Waals surface area contributed by atoms with E-state index in [1.807, 2.05) is 36.4 Å². The number of rotatable bonds is 4. The van der Waals surface area contributed by atoms with Gasteiger partial charge in [-0.25, -0.2) is 10.1 Å². The molecule has 0 bridgehead atoms. The van der Waals surface area contributed by atoms with Crippen LogP contribution >= 0.6 is 27.3 Å². The van der Waals surface area contributed by atoms with E-state index in [0.29, 0.717) is 0 Å². The first kappa shape index (κ1) is 13.9.